The quantitative estimate of drug-likeness (QED) is 0.407. The number of nitrogens with zero attached hydrogens (tertiary/aromatic N) is 2. The van der Waals surface area contributed by atoms with Crippen LogP contribution in [0.4, 0.5) is 0 Å². The van der Waals surface area contributed by atoms with Gasteiger partial charge in [-0.2, -0.15) is 0 Å². The summed E-state index contributed by atoms with van der Waals surface area (Å²) in [4.78, 5) is 16.6. The molecule has 0 atom stereocenters. The lowest BCUT2D eigenvalue weighted by atomic mass is 10.1. The first-order valence-corrected chi connectivity index (χ1v) is 9.65. The number of halogens is 2. The molecule has 0 bridgehead atoms. The summed E-state index contributed by atoms with van der Waals surface area (Å²) in [6, 6.07) is 22.1. The fourth-order valence-corrected chi connectivity index (χ4v) is 3.67. The zero-order valence-electron chi connectivity index (χ0n) is 15.4. The summed E-state index contributed by atoms with van der Waals surface area (Å²) < 4.78 is 1.84. The molecule has 0 spiro atoms. The van der Waals surface area contributed by atoms with Crippen molar-refractivity contribution in [3.05, 3.63) is 94.1 Å². The van der Waals surface area contributed by atoms with Crippen molar-refractivity contribution >= 4 is 29.2 Å². The van der Waals surface area contributed by atoms with E-state index >= 15 is 0 Å². The van der Waals surface area contributed by atoms with Gasteiger partial charge in [-0.25, -0.2) is 9.78 Å². The molecule has 0 saturated carbocycles. The van der Waals surface area contributed by atoms with Crippen molar-refractivity contribution in [3.8, 4) is 28.3 Å². The minimum absolute atomic E-state index is 0.0505. The molecule has 29 heavy (non-hydrogen) atoms. The highest BCUT2D eigenvalue weighted by Gasteiger charge is 2.26. The van der Waals surface area contributed by atoms with E-state index in [4.69, 9.17) is 23.2 Å². The van der Waals surface area contributed by atoms with Crippen LogP contribution in [0.2, 0.25) is 10.0 Å². The molecule has 1 aromatic heterocycles. The molecular weight excluding hydrogens is 407 g/mol. The summed E-state index contributed by atoms with van der Waals surface area (Å²) in [6.07, 6.45) is 0. The number of hydrogen-bond donors (Lipinski definition) is 1. The SMILES string of the molecule is Cc1ccc(Cl)cc1-n1c(-c2ccccc2)nc(C(=O)O)c1-c1cccc(Cl)c1. The topological polar surface area (TPSA) is 55.1 Å². The van der Waals surface area contributed by atoms with Crippen molar-refractivity contribution in [2.75, 3.05) is 0 Å². The molecule has 1 heterocycles. The average molecular weight is 423 g/mol. The van der Waals surface area contributed by atoms with Gasteiger partial charge in [0.05, 0.1) is 11.4 Å². The number of carboxylic acids is 1. The van der Waals surface area contributed by atoms with Crippen LogP contribution in [0.25, 0.3) is 28.3 Å². The third-order valence-corrected chi connectivity index (χ3v) is 5.09. The van der Waals surface area contributed by atoms with Crippen LogP contribution in [0.1, 0.15) is 16.1 Å². The lowest BCUT2D eigenvalue weighted by Gasteiger charge is -2.16. The lowest BCUT2D eigenvalue weighted by molar-refractivity contribution is 0.0692. The molecule has 0 fully saturated rings. The highest BCUT2D eigenvalue weighted by molar-refractivity contribution is 6.31. The molecular formula is C23H16Cl2N2O2. The number of aryl methyl sites for hydroxylation is 1. The zero-order valence-corrected chi connectivity index (χ0v) is 16.9. The van der Waals surface area contributed by atoms with Gasteiger partial charge >= 0.3 is 5.97 Å². The fourth-order valence-electron chi connectivity index (χ4n) is 3.31. The second-order valence-electron chi connectivity index (χ2n) is 6.58. The van der Waals surface area contributed by atoms with Crippen LogP contribution in [0.3, 0.4) is 0 Å². The Hall–Kier alpha value is -3.08. The molecule has 0 amide bonds. The predicted molar refractivity (Wildman–Crippen MR) is 116 cm³/mol. The molecule has 4 rings (SSSR count). The molecule has 0 aliphatic rings. The first-order chi connectivity index (χ1) is 14.0. The number of benzene rings is 3. The molecule has 6 heteroatoms. The molecule has 1 N–H and O–H groups in total. The lowest BCUT2D eigenvalue weighted by Crippen LogP contribution is -2.04. The molecule has 0 radical (unpaired) electrons. The van der Waals surface area contributed by atoms with Gasteiger partial charge in [-0.05, 0) is 36.8 Å². The van der Waals surface area contributed by atoms with E-state index < -0.39 is 5.97 Å². The standard InChI is InChI=1S/C23H16Cl2N2O2/c1-14-10-11-18(25)13-19(14)27-21(16-8-5-9-17(24)12-16)20(23(28)29)26-22(27)15-6-3-2-4-7-15/h2-13H,1H3,(H,28,29). The van der Waals surface area contributed by atoms with E-state index in [1.165, 1.54) is 0 Å². The van der Waals surface area contributed by atoms with Gasteiger partial charge in [-0.15, -0.1) is 0 Å². The van der Waals surface area contributed by atoms with E-state index in [1.807, 2.05) is 60.0 Å². The zero-order chi connectivity index (χ0) is 20.5. The molecule has 0 saturated heterocycles. The van der Waals surface area contributed by atoms with Crippen LogP contribution in [0.15, 0.2) is 72.8 Å². The molecule has 4 aromatic rings. The first kappa shape index (κ1) is 19.2. The summed E-state index contributed by atoms with van der Waals surface area (Å²) in [5, 5.41) is 11.0. The second-order valence-corrected chi connectivity index (χ2v) is 7.45. The highest BCUT2D eigenvalue weighted by Crippen LogP contribution is 2.36. The van der Waals surface area contributed by atoms with Crippen molar-refractivity contribution in [1.29, 1.82) is 0 Å². The van der Waals surface area contributed by atoms with Gasteiger partial charge in [0, 0.05) is 21.2 Å². The number of aromatic nitrogens is 2. The predicted octanol–water partition coefficient (Wildman–Crippen LogP) is 6.52. The molecule has 4 nitrogen and oxygen atoms in total. The van der Waals surface area contributed by atoms with E-state index in [2.05, 4.69) is 4.98 Å². The van der Waals surface area contributed by atoms with Gasteiger partial charge in [-0.1, -0.05) is 71.7 Å². The van der Waals surface area contributed by atoms with E-state index in [9.17, 15) is 9.90 Å². The Morgan fingerprint density at radius 2 is 1.59 bits per heavy atom. The van der Waals surface area contributed by atoms with Crippen molar-refractivity contribution in [2.24, 2.45) is 0 Å². The van der Waals surface area contributed by atoms with Crippen LogP contribution >= 0.6 is 23.2 Å². The number of carbonyl (C=O) groups is 1. The molecule has 0 unspecified atom stereocenters. The van der Waals surface area contributed by atoms with E-state index in [1.54, 1.807) is 24.3 Å². The number of imidazole rings is 1. The highest BCUT2D eigenvalue weighted by atomic mass is 35.5. The summed E-state index contributed by atoms with van der Waals surface area (Å²) >= 11 is 12.5. The van der Waals surface area contributed by atoms with Crippen LogP contribution < -0.4 is 0 Å². The maximum atomic E-state index is 12.1. The van der Waals surface area contributed by atoms with Gasteiger partial charge < -0.3 is 5.11 Å². The Bertz CT molecular complexity index is 1220. The van der Waals surface area contributed by atoms with Crippen molar-refractivity contribution in [2.45, 2.75) is 6.92 Å². The summed E-state index contributed by atoms with van der Waals surface area (Å²) in [5.74, 6) is -0.598. The Balaban J connectivity index is 2.15. The fraction of sp³-hybridized carbons (Fsp3) is 0.0435. The third-order valence-electron chi connectivity index (χ3n) is 4.62. The average Bonchev–Trinajstić information content (AvgIpc) is 3.11. The van der Waals surface area contributed by atoms with Crippen molar-refractivity contribution in [1.82, 2.24) is 9.55 Å². The smallest absolute Gasteiger partial charge is 0.356 e. The molecule has 0 aliphatic heterocycles. The third kappa shape index (κ3) is 3.65. The largest absolute Gasteiger partial charge is 0.476 e. The number of carboxylic acid groups (broad SMARTS) is 1. The number of aromatic carboxylic acids is 1. The van der Waals surface area contributed by atoms with Crippen LogP contribution in [-0.4, -0.2) is 20.6 Å². The Kier molecular flexibility index (Phi) is 5.14. The Morgan fingerprint density at radius 1 is 0.897 bits per heavy atom. The van der Waals surface area contributed by atoms with Gasteiger partial charge in [-0.3, -0.25) is 4.57 Å². The monoisotopic (exact) mass is 422 g/mol. The minimum Gasteiger partial charge on any atom is -0.476 e. The number of rotatable bonds is 4. The molecule has 144 valence electrons. The van der Waals surface area contributed by atoms with Crippen LogP contribution in [0, 0.1) is 6.92 Å². The summed E-state index contributed by atoms with van der Waals surface area (Å²) in [6.45, 7) is 1.95. The Morgan fingerprint density at radius 3 is 2.28 bits per heavy atom. The Labute approximate surface area is 178 Å². The van der Waals surface area contributed by atoms with Crippen LogP contribution in [0.5, 0.6) is 0 Å². The normalized spacial score (nSPS) is 10.9. The first-order valence-electron chi connectivity index (χ1n) is 8.89. The minimum atomic E-state index is -1.12. The number of hydrogen-bond acceptors (Lipinski definition) is 2. The molecule has 0 aliphatic carbocycles. The van der Waals surface area contributed by atoms with Gasteiger partial charge in [0.25, 0.3) is 0 Å². The second kappa shape index (κ2) is 7.74. The van der Waals surface area contributed by atoms with Gasteiger partial charge in [0.1, 0.15) is 5.82 Å². The molecule has 3 aromatic carbocycles. The maximum Gasteiger partial charge on any atom is 0.356 e. The summed E-state index contributed by atoms with van der Waals surface area (Å²) in [7, 11) is 0. The summed E-state index contributed by atoms with van der Waals surface area (Å²) in [5.41, 5.74) is 3.54. The van der Waals surface area contributed by atoms with E-state index in [-0.39, 0.29) is 5.69 Å². The van der Waals surface area contributed by atoms with Crippen molar-refractivity contribution < 1.29 is 9.90 Å². The van der Waals surface area contributed by atoms with Gasteiger partial charge in [0.15, 0.2) is 5.69 Å². The van der Waals surface area contributed by atoms with Crippen LogP contribution in [-0.2, 0) is 0 Å². The maximum absolute atomic E-state index is 12.1. The van der Waals surface area contributed by atoms with Gasteiger partial charge in [0.2, 0.25) is 0 Å². The van der Waals surface area contributed by atoms with E-state index in [0.29, 0.717) is 27.1 Å². The van der Waals surface area contributed by atoms with E-state index in [0.717, 1.165) is 16.8 Å². The van der Waals surface area contributed by atoms with Crippen molar-refractivity contribution in [3.63, 3.8) is 0 Å².